The molecular formula is C22H21ClN2O4S. The molecule has 1 atom stereocenters. The number of hydrogen-bond donors (Lipinski definition) is 2. The van der Waals surface area contributed by atoms with E-state index in [-0.39, 0.29) is 12.3 Å². The first kappa shape index (κ1) is 21.8. The highest BCUT2D eigenvalue weighted by Gasteiger charge is 2.20. The molecule has 3 aromatic rings. The molecule has 0 heterocycles. The van der Waals surface area contributed by atoms with Crippen molar-refractivity contribution < 1.29 is 17.9 Å². The number of nitrogens with one attached hydrogen (secondary N) is 2. The lowest BCUT2D eigenvalue weighted by Crippen LogP contribution is -2.30. The van der Waals surface area contributed by atoms with Gasteiger partial charge in [-0.2, -0.15) is 0 Å². The van der Waals surface area contributed by atoms with Gasteiger partial charge in [0.2, 0.25) is 15.9 Å². The number of amides is 1. The van der Waals surface area contributed by atoms with Crippen molar-refractivity contribution in [3.05, 3.63) is 89.4 Å². The summed E-state index contributed by atoms with van der Waals surface area (Å²) in [7, 11) is -3.54. The van der Waals surface area contributed by atoms with Gasteiger partial charge in [0.05, 0.1) is 18.0 Å². The minimum absolute atomic E-state index is 0.103. The Hall–Kier alpha value is -2.87. The molecule has 0 fully saturated rings. The molecule has 3 aromatic carbocycles. The molecule has 6 nitrogen and oxygen atoms in total. The number of halogens is 1. The van der Waals surface area contributed by atoms with Gasteiger partial charge in [0, 0.05) is 11.4 Å². The van der Waals surface area contributed by atoms with Gasteiger partial charge < -0.3 is 10.1 Å². The van der Waals surface area contributed by atoms with E-state index in [1.807, 2.05) is 30.3 Å². The highest BCUT2D eigenvalue weighted by molar-refractivity contribution is 7.88. The zero-order valence-electron chi connectivity index (χ0n) is 16.2. The molecule has 0 spiro atoms. The van der Waals surface area contributed by atoms with Gasteiger partial charge in [-0.1, -0.05) is 54.1 Å². The molecule has 3 rings (SSSR count). The Balaban J connectivity index is 1.76. The molecule has 0 bridgehead atoms. The second-order valence-electron chi connectivity index (χ2n) is 6.66. The van der Waals surface area contributed by atoms with Crippen LogP contribution >= 0.6 is 11.6 Å². The highest BCUT2D eigenvalue weighted by Crippen LogP contribution is 2.30. The summed E-state index contributed by atoms with van der Waals surface area (Å²) in [5, 5.41) is 3.32. The summed E-state index contributed by atoms with van der Waals surface area (Å²) in [4.78, 5) is 12.7. The summed E-state index contributed by atoms with van der Waals surface area (Å²) in [5.41, 5.74) is 1.12. The average molecular weight is 445 g/mol. The van der Waals surface area contributed by atoms with Gasteiger partial charge in [0.25, 0.3) is 0 Å². The van der Waals surface area contributed by atoms with Crippen molar-refractivity contribution >= 4 is 33.2 Å². The Kier molecular flexibility index (Phi) is 7.10. The third-order valence-electron chi connectivity index (χ3n) is 4.15. The topological polar surface area (TPSA) is 84.5 Å². The number of anilines is 1. The molecular weight excluding hydrogens is 424 g/mol. The fourth-order valence-electron chi connectivity index (χ4n) is 2.84. The van der Waals surface area contributed by atoms with E-state index in [0.717, 1.165) is 6.26 Å². The fourth-order valence-corrected chi connectivity index (χ4v) is 3.70. The minimum Gasteiger partial charge on any atom is -0.455 e. The Labute approximate surface area is 180 Å². The maximum absolute atomic E-state index is 12.7. The Bertz CT molecular complexity index is 1100. The van der Waals surface area contributed by atoms with Crippen LogP contribution in [-0.2, 0) is 14.8 Å². The van der Waals surface area contributed by atoms with Crippen LogP contribution in [0, 0.1) is 0 Å². The van der Waals surface area contributed by atoms with Crippen molar-refractivity contribution in [3.63, 3.8) is 0 Å². The molecule has 0 aliphatic rings. The molecule has 0 unspecified atom stereocenters. The largest absolute Gasteiger partial charge is 0.455 e. The number of ether oxygens (including phenoxy) is 1. The fraction of sp³-hybridized carbons (Fsp3) is 0.136. The molecule has 0 aliphatic heterocycles. The minimum atomic E-state index is -3.54. The van der Waals surface area contributed by atoms with Crippen LogP contribution < -0.4 is 14.8 Å². The van der Waals surface area contributed by atoms with Gasteiger partial charge in [0.1, 0.15) is 5.75 Å². The number of carbonyl (C=O) groups is 1. The Morgan fingerprint density at radius 2 is 1.60 bits per heavy atom. The number of sulfonamides is 1. The third kappa shape index (κ3) is 6.59. The second kappa shape index (κ2) is 9.75. The van der Waals surface area contributed by atoms with Crippen LogP contribution in [0.25, 0.3) is 0 Å². The summed E-state index contributed by atoms with van der Waals surface area (Å²) in [6, 6.07) is 22.2. The molecule has 156 valence electrons. The van der Waals surface area contributed by atoms with E-state index in [9.17, 15) is 13.2 Å². The predicted molar refractivity (Wildman–Crippen MR) is 118 cm³/mol. The smallest absolute Gasteiger partial charge is 0.226 e. The maximum atomic E-state index is 12.7. The van der Waals surface area contributed by atoms with E-state index in [1.54, 1.807) is 48.5 Å². The maximum Gasteiger partial charge on any atom is 0.226 e. The standard InChI is InChI=1S/C22H21ClN2O4S/c1-30(27,28)25-20(16-11-13-17(23)14-12-16)15-22(26)24-19-9-5-6-10-21(19)29-18-7-3-2-4-8-18/h2-14,20,25H,15H2,1H3,(H,24,26)/t20-/m0/s1. The van der Waals surface area contributed by atoms with Crippen molar-refractivity contribution in [2.75, 3.05) is 11.6 Å². The summed E-state index contributed by atoms with van der Waals surface area (Å²) in [6.07, 6.45) is 0.950. The van der Waals surface area contributed by atoms with Gasteiger partial charge in [-0.05, 0) is 42.0 Å². The van der Waals surface area contributed by atoms with Gasteiger partial charge in [-0.3, -0.25) is 4.79 Å². The zero-order valence-corrected chi connectivity index (χ0v) is 17.8. The quantitative estimate of drug-likeness (QED) is 0.525. The zero-order chi connectivity index (χ0) is 21.6. The highest BCUT2D eigenvalue weighted by atomic mass is 35.5. The van der Waals surface area contributed by atoms with E-state index in [2.05, 4.69) is 10.0 Å². The number of hydrogen-bond acceptors (Lipinski definition) is 4. The number of benzene rings is 3. The van der Waals surface area contributed by atoms with E-state index < -0.39 is 16.1 Å². The summed E-state index contributed by atoms with van der Waals surface area (Å²) < 4.78 is 31.9. The number of para-hydroxylation sites is 3. The molecule has 1 amide bonds. The normalized spacial score (nSPS) is 12.2. The van der Waals surface area contributed by atoms with Crippen LogP contribution in [0.5, 0.6) is 11.5 Å². The van der Waals surface area contributed by atoms with Crippen molar-refractivity contribution in [3.8, 4) is 11.5 Å². The Morgan fingerprint density at radius 1 is 0.967 bits per heavy atom. The van der Waals surface area contributed by atoms with Crippen LogP contribution in [0.2, 0.25) is 5.02 Å². The van der Waals surface area contributed by atoms with Crippen LogP contribution in [0.3, 0.4) is 0 Å². The molecule has 8 heteroatoms. The van der Waals surface area contributed by atoms with Crippen molar-refractivity contribution in [1.82, 2.24) is 4.72 Å². The lowest BCUT2D eigenvalue weighted by atomic mass is 10.0. The molecule has 0 saturated carbocycles. The van der Waals surface area contributed by atoms with E-state index in [4.69, 9.17) is 16.3 Å². The number of carbonyl (C=O) groups excluding carboxylic acids is 1. The summed E-state index contributed by atoms with van der Waals surface area (Å²) in [6.45, 7) is 0. The lowest BCUT2D eigenvalue weighted by molar-refractivity contribution is -0.116. The van der Waals surface area contributed by atoms with Crippen LogP contribution in [-0.4, -0.2) is 20.6 Å². The molecule has 0 radical (unpaired) electrons. The summed E-state index contributed by atoms with van der Waals surface area (Å²) in [5.74, 6) is 0.753. The summed E-state index contributed by atoms with van der Waals surface area (Å²) >= 11 is 5.91. The Morgan fingerprint density at radius 3 is 2.27 bits per heavy atom. The first-order chi connectivity index (χ1) is 14.3. The predicted octanol–water partition coefficient (Wildman–Crippen LogP) is 4.75. The first-order valence-corrected chi connectivity index (χ1v) is 11.4. The SMILES string of the molecule is CS(=O)(=O)N[C@@H](CC(=O)Nc1ccccc1Oc1ccccc1)c1ccc(Cl)cc1. The molecule has 0 saturated heterocycles. The van der Waals surface area contributed by atoms with Crippen LogP contribution in [0.1, 0.15) is 18.0 Å². The van der Waals surface area contributed by atoms with E-state index in [0.29, 0.717) is 27.8 Å². The van der Waals surface area contributed by atoms with Gasteiger partial charge in [-0.15, -0.1) is 0 Å². The number of rotatable bonds is 8. The average Bonchev–Trinajstić information content (AvgIpc) is 2.69. The first-order valence-electron chi connectivity index (χ1n) is 9.15. The van der Waals surface area contributed by atoms with Gasteiger partial charge >= 0.3 is 0 Å². The van der Waals surface area contributed by atoms with Crippen molar-refractivity contribution in [2.24, 2.45) is 0 Å². The third-order valence-corrected chi connectivity index (χ3v) is 5.12. The van der Waals surface area contributed by atoms with E-state index >= 15 is 0 Å². The van der Waals surface area contributed by atoms with Crippen molar-refractivity contribution in [2.45, 2.75) is 12.5 Å². The van der Waals surface area contributed by atoms with E-state index in [1.165, 1.54) is 0 Å². The van der Waals surface area contributed by atoms with Crippen LogP contribution in [0.15, 0.2) is 78.9 Å². The monoisotopic (exact) mass is 444 g/mol. The van der Waals surface area contributed by atoms with Gasteiger partial charge in [0.15, 0.2) is 5.75 Å². The molecule has 0 aliphatic carbocycles. The van der Waals surface area contributed by atoms with Crippen molar-refractivity contribution in [1.29, 1.82) is 0 Å². The van der Waals surface area contributed by atoms with Crippen LogP contribution in [0.4, 0.5) is 5.69 Å². The second-order valence-corrected chi connectivity index (χ2v) is 8.87. The molecule has 2 N–H and O–H groups in total. The lowest BCUT2D eigenvalue weighted by Gasteiger charge is -2.18. The van der Waals surface area contributed by atoms with Gasteiger partial charge in [-0.25, -0.2) is 13.1 Å². The molecule has 0 aromatic heterocycles. The molecule has 30 heavy (non-hydrogen) atoms.